The summed E-state index contributed by atoms with van der Waals surface area (Å²) in [5.74, 6) is 1.10. The van der Waals surface area contributed by atoms with Gasteiger partial charge in [0, 0.05) is 30.6 Å². The number of nitrogens with one attached hydrogen (secondary N) is 1. The lowest BCUT2D eigenvalue weighted by molar-refractivity contribution is 0.169. The van der Waals surface area contributed by atoms with Crippen LogP contribution in [0.2, 0.25) is 0 Å². The van der Waals surface area contributed by atoms with Gasteiger partial charge < -0.3 is 19.9 Å². The molecule has 122 valence electrons. The first kappa shape index (κ1) is 15.8. The maximum absolute atomic E-state index is 13.6. The van der Waals surface area contributed by atoms with Crippen molar-refractivity contribution in [1.29, 1.82) is 0 Å². The molecule has 0 aromatic heterocycles. The molecule has 0 radical (unpaired) electrons. The summed E-state index contributed by atoms with van der Waals surface area (Å²) >= 11 is 0. The van der Waals surface area contributed by atoms with E-state index < -0.39 is 11.9 Å². The van der Waals surface area contributed by atoms with Crippen LogP contribution in [-0.4, -0.2) is 24.9 Å². The smallest absolute Gasteiger partial charge is 0.165 e. The largest absolute Gasteiger partial charge is 0.490 e. The van der Waals surface area contributed by atoms with E-state index >= 15 is 0 Å². The SMILES string of the molecule is O[C@H](CNCc1cccc2c1OCCCO2)c1ccccc1F. The van der Waals surface area contributed by atoms with E-state index in [4.69, 9.17) is 9.47 Å². The van der Waals surface area contributed by atoms with Gasteiger partial charge in [0.25, 0.3) is 0 Å². The van der Waals surface area contributed by atoms with Crippen molar-refractivity contribution in [2.45, 2.75) is 19.1 Å². The van der Waals surface area contributed by atoms with Gasteiger partial charge in [-0.25, -0.2) is 4.39 Å². The van der Waals surface area contributed by atoms with Crippen LogP contribution >= 0.6 is 0 Å². The van der Waals surface area contributed by atoms with Crippen molar-refractivity contribution in [3.63, 3.8) is 0 Å². The van der Waals surface area contributed by atoms with Crippen LogP contribution in [0.5, 0.6) is 11.5 Å². The molecule has 1 aliphatic rings. The van der Waals surface area contributed by atoms with E-state index in [9.17, 15) is 9.50 Å². The van der Waals surface area contributed by atoms with E-state index in [0.717, 1.165) is 23.5 Å². The van der Waals surface area contributed by atoms with Crippen LogP contribution in [-0.2, 0) is 6.54 Å². The number of halogens is 1. The van der Waals surface area contributed by atoms with Crippen molar-refractivity contribution in [1.82, 2.24) is 5.32 Å². The second kappa shape index (κ2) is 7.44. The molecule has 1 aliphatic heterocycles. The second-order valence-corrected chi connectivity index (χ2v) is 5.46. The minimum Gasteiger partial charge on any atom is -0.490 e. The highest BCUT2D eigenvalue weighted by atomic mass is 19.1. The van der Waals surface area contributed by atoms with E-state index in [1.807, 2.05) is 18.2 Å². The minimum absolute atomic E-state index is 0.255. The van der Waals surface area contributed by atoms with Gasteiger partial charge in [-0.15, -0.1) is 0 Å². The maximum Gasteiger partial charge on any atom is 0.165 e. The first-order valence-electron chi connectivity index (χ1n) is 7.76. The first-order valence-corrected chi connectivity index (χ1v) is 7.76. The van der Waals surface area contributed by atoms with E-state index in [2.05, 4.69) is 5.32 Å². The molecule has 4 nitrogen and oxygen atoms in total. The quantitative estimate of drug-likeness (QED) is 0.890. The standard InChI is InChI=1S/C18H20FNO3/c19-15-7-2-1-6-14(15)16(21)12-20-11-13-5-3-8-17-18(13)23-10-4-9-22-17/h1-3,5-8,16,20-21H,4,9-12H2/t16-/m1/s1. The third-order valence-electron chi connectivity index (χ3n) is 3.77. The number of rotatable bonds is 5. The summed E-state index contributed by atoms with van der Waals surface area (Å²) in [6.45, 7) is 2.04. The maximum atomic E-state index is 13.6. The Morgan fingerprint density at radius 2 is 1.91 bits per heavy atom. The number of aliphatic hydroxyl groups excluding tert-OH is 1. The van der Waals surface area contributed by atoms with Crippen LogP contribution in [0.15, 0.2) is 42.5 Å². The van der Waals surface area contributed by atoms with Crippen LogP contribution < -0.4 is 14.8 Å². The highest BCUT2D eigenvalue weighted by Gasteiger charge is 2.15. The van der Waals surface area contributed by atoms with E-state index in [0.29, 0.717) is 25.3 Å². The van der Waals surface area contributed by atoms with Gasteiger partial charge in [-0.1, -0.05) is 30.3 Å². The topological polar surface area (TPSA) is 50.7 Å². The number of para-hydroxylation sites is 1. The highest BCUT2D eigenvalue weighted by Crippen LogP contribution is 2.33. The average Bonchev–Trinajstić information content (AvgIpc) is 2.81. The van der Waals surface area contributed by atoms with E-state index in [1.165, 1.54) is 6.07 Å². The molecule has 0 amide bonds. The molecule has 3 rings (SSSR count). The predicted octanol–water partition coefficient (Wildman–Crippen LogP) is 2.81. The van der Waals surface area contributed by atoms with Crippen molar-refractivity contribution in [3.8, 4) is 11.5 Å². The zero-order chi connectivity index (χ0) is 16.1. The van der Waals surface area contributed by atoms with Crippen molar-refractivity contribution in [2.75, 3.05) is 19.8 Å². The Balaban J connectivity index is 1.62. The summed E-state index contributed by atoms with van der Waals surface area (Å²) in [7, 11) is 0. The van der Waals surface area contributed by atoms with Crippen molar-refractivity contribution in [2.24, 2.45) is 0 Å². The minimum atomic E-state index is -0.893. The first-order chi connectivity index (χ1) is 11.3. The van der Waals surface area contributed by atoms with Crippen LogP contribution in [0.25, 0.3) is 0 Å². The summed E-state index contributed by atoms with van der Waals surface area (Å²) in [5.41, 5.74) is 1.26. The molecule has 2 N–H and O–H groups in total. The van der Waals surface area contributed by atoms with Crippen molar-refractivity contribution >= 4 is 0 Å². The fourth-order valence-electron chi connectivity index (χ4n) is 2.59. The number of ether oxygens (including phenoxy) is 2. The number of hydrogen-bond acceptors (Lipinski definition) is 4. The van der Waals surface area contributed by atoms with Crippen LogP contribution in [0.3, 0.4) is 0 Å². The van der Waals surface area contributed by atoms with E-state index in [1.54, 1.807) is 18.2 Å². The Morgan fingerprint density at radius 3 is 2.78 bits per heavy atom. The third-order valence-corrected chi connectivity index (χ3v) is 3.77. The van der Waals surface area contributed by atoms with Crippen molar-refractivity contribution < 1.29 is 19.0 Å². The molecule has 0 aliphatic carbocycles. The lowest BCUT2D eigenvalue weighted by Gasteiger charge is -2.15. The Bertz CT molecular complexity index is 662. The molecule has 0 saturated heterocycles. The molecule has 1 atom stereocenters. The lowest BCUT2D eigenvalue weighted by atomic mass is 10.1. The number of hydrogen-bond donors (Lipinski definition) is 2. The highest BCUT2D eigenvalue weighted by molar-refractivity contribution is 5.47. The van der Waals surface area contributed by atoms with E-state index in [-0.39, 0.29) is 6.54 Å². The Morgan fingerprint density at radius 1 is 1.09 bits per heavy atom. The summed E-state index contributed by atoms with van der Waals surface area (Å²) in [5, 5.41) is 13.2. The number of fused-ring (bicyclic) bond motifs is 1. The molecule has 5 heteroatoms. The molecular formula is C18H20FNO3. The normalized spacial score (nSPS) is 15.0. The molecule has 23 heavy (non-hydrogen) atoms. The molecule has 0 bridgehead atoms. The molecule has 2 aromatic rings. The summed E-state index contributed by atoms with van der Waals surface area (Å²) < 4.78 is 25.0. The number of benzene rings is 2. The van der Waals surface area contributed by atoms with Gasteiger partial charge in [0.1, 0.15) is 5.82 Å². The van der Waals surface area contributed by atoms with Gasteiger partial charge in [-0.05, 0) is 12.1 Å². The number of aliphatic hydroxyl groups is 1. The summed E-state index contributed by atoms with van der Waals surface area (Å²) in [4.78, 5) is 0. The lowest BCUT2D eigenvalue weighted by Crippen LogP contribution is -2.22. The molecule has 0 saturated carbocycles. The van der Waals surface area contributed by atoms with Gasteiger partial charge in [-0.3, -0.25) is 0 Å². The van der Waals surface area contributed by atoms with Gasteiger partial charge in [0.05, 0.1) is 19.3 Å². The molecule has 0 unspecified atom stereocenters. The van der Waals surface area contributed by atoms with Crippen LogP contribution in [0.1, 0.15) is 23.7 Å². The van der Waals surface area contributed by atoms with Crippen LogP contribution in [0, 0.1) is 5.82 Å². The summed E-state index contributed by atoms with van der Waals surface area (Å²) in [6.07, 6.45) is -0.0382. The van der Waals surface area contributed by atoms with Gasteiger partial charge in [0.15, 0.2) is 11.5 Å². The van der Waals surface area contributed by atoms with Crippen LogP contribution in [0.4, 0.5) is 4.39 Å². The molecule has 0 spiro atoms. The molecule has 2 aromatic carbocycles. The average molecular weight is 317 g/mol. The van der Waals surface area contributed by atoms with Gasteiger partial charge >= 0.3 is 0 Å². The predicted molar refractivity (Wildman–Crippen MR) is 85.1 cm³/mol. The monoisotopic (exact) mass is 317 g/mol. The molecule has 1 heterocycles. The molecular weight excluding hydrogens is 297 g/mol. The summed E-state index contributed by atoms with van der Waals surface area (Å²) in [6, 6.07) is 12.0. The fourth-order valence-corrected chi connectivity index (χ4v) is 2.59. The fraction of sp³-hybridized carbons (Fsp3) is 0.333. The third kappa shape index (κ3) is 3.81. The van der Waals surface area contributed by atoms with Crippen molar-refractivity contribution in [3.05, 3.63) is 59.4 Å². The Hall–Kier alpha value is -2.11. The molecule has 0 fully saturated rings. The zero-order valence-corrected chi connectivity index (χ0v) is 12.8. The van der Waals surface area contributed by atoms with Gasteiger partial charge in [-0.2, -0.15) is 0 Å². The Kier molecular flexibility index (Phi) is 5.10. The zero-order valence-electron chi connectivity index (χ0n) is 12.8. The second-order valence-electron chi connectivity index (χ2n) is 5.46. The Labute approximate surface area is 134 Å². The van der Waals surface area contributed by atoms with Gasteiger partial charge in [0.2, 0.25) is 0 Å².